The van der Waals surface area contributed by atoms with Crippen LogP contribution in [0.1, 0.15) is 6.92 Å². The van der Waals surface area contributed by atoms with Crippen molar-refractivity contribution < 1.29 is 23.6 Å². The molecule has 0 spiro atoms. The van der Waals surface area contributed by atoms with Crippen molar-refractivity contribution in [2.24, 2.45) is 0 Å². The lowest BCUT2D eigenvalue weighted by molar-refractivity contribution is -0.384. The molecule has 0 saturated heterocycles. The number of ether oxygens (including phenoxy) is 1. The second-order valence-electron chi connectivity index (χ2n) is 5.14. The van der Waals surface area contributed by atoms with Gasteiger partial charge in [-0.05, 0) is 31.2 Å². The van der Waals surface area contributed by atoms with Crippen molar-refractivity contribution in [2.75, 3.05) is 11.1 Å². The van der Waals surface area contributed by atoms with E-state index in [2.05, 4.69) is 5.32 Å². The van der Waals surface area contributed by atoms with Gasteiger partial charge in [0.15, 0.2) is 6.10 Å². The van der Waals surface area contributed by atoms with Gasteiger partial charge in [-0.15, -0.1) is 11.8 Å². The highest BCUT2D eigenvalue weighted by atomic mass is 32.2. The van der Waals surface area contributed by atoms with Crippen LogP contribution >= 0.6 is 11.8 Å². The Bertz CT molecular complexity index is 813. The second-order valence-corrected chi connectivity index (χ2v) is 6.19. The monoisotopic (exact) mass is 378 g/mol. The molecule has 0 radical (unpaired) electrons. The van der Waals surface area contributed by atoms with E-state index in [1.54, 1.807) is 6.07 Å². The molecule has 136 valence electrons. The number of anilines is 1. The number of carbonyl (C=O) groups is 2. The van der Waals surface area contributed by atoms with Gasteiger partial charge in [0, 0.05) is 17.0 Å². The summed E-state index contributed by atoms with van der Waals surface area (Å²) in [5, 5.41) is 12.9. The fraction of sp³-hybridized carbons (Fsp3) is 0.176. The quantitative estimate of drug-likeness (QED) is 0.343. The first-order valence-electron chi connectivity index (χ1n) is 7.49. The number of thioether (sulfide) groups is 1. The third-order valence-electron chi connectivity index (χ3n) is 3.21. The summed E-state index contributed by atoms with van der Waals surface area (Å²) in [4.78, 5) is 34.5. The second kappa shape index (κ2) is 8.95. The van der Waals surface area contributed by atoms with E-state index in [-0.39, 0.29) is 17.1 Å². The van der Waals surface area contributed by atoms with E-state index in [1.807, 2.05) is 0 Å². The number of amides is 1. The number of benzene rings is 2. The van der Waals surface area contributed by atoms with Crippen LogP contribution in [0, 0.1) is 15.9 Å². The Labute approximate surface area is 152 Å². The van der Waals surface area contributed by atoms with Crippen LogP contribution in [-0.2, 0) is 14.3 Å². The van der Waals surface area contributed by atoms with Crippen LogP contribution in [-0.4, -0.2) is 28.7 Å². The Morgan fingerprint density at radius 2 is 1.88 bits per heavy atom. The van der Waals surface area contributed by atoms with Gasteiger partial charge in [0.05, 0.1) is 16.4 Å². The van der Waals surface area contributed by atoms with Crippen LogP contribution in [0.4, 0.5) is 15.8 Å². The molecule has 2 aromatic rings. The molecule has 0 unspecified atom stereocenters. The molecule has 0 bridgehead atoms. The molecular weight excluding hydrogens is 363 g/mol. The molecule has 2 rings (SSSR count). The Hall–Kier alpha value is -2.94. The number of hydrogen-bond acceptors (Lipinski definition) is 6. The predicted molar refractivity (Wildman–Crippen MR) is 94.4 cm³/mol. The maximum Gasteiger partial charge on any atom is 0.317 e. The van der Waals surface area contributed by atoms with E-state index in [0.29, 0.717) is 4.90 Å². The number of rotatable bonds is 7. The van der Waals surface area contributed by atoms with E-state index < -0.39 is 28.7 Å². The zero-order valence-electron chi connectivity index (χ0n) is 13.7. The highest BCUT2D eigenvalue weighted by Gasteiger charge is 2.19. The highest BCUT2D eigenvalue weighted by molar-refractivity contribution is 8.00. The summed E-state index contributed by atoms with van der Waals surface area (Å²) >= 11 is 1.12. The number of nitrogens with one attached hydrogen (secondary N) is 1. The lowest BCUT2D eigenvalue weighted by Gasteiger charge is -2.13. The molecule has 7 nitrogen and oxygen atoms in total. The first-order valence-corrected chi connectivity index (χ1v) is 8.47. The van der Waals surface area contributed by atoms with E-state index in [9.17, 15) is 24.1 Å². The lowest BCUT2D eigenvalue weighted by atomic mass is 10.3. The smallest absolute Gasteiger partial charge is 0.317 e. The predicted octanol–water partition coefficient (Wildman–Crippen LogP) is 3.40. The van der Waals surface area contributed by atoms with Gasteiger partial charge >= 0.3 is 5.97 Å². The summed E-state index contributed by atoms with van der Waals surface area (Å²) in [7, 11) is 0. The Morgan fingerprint density at radius 3 is 2.50 bits per heavy atom. The molecular formula is C17H15FN2O5S. The average molecular weight is 378 g/mol. The van der Waals surface area contributed by atoms with Crippen molar-refractivity contribution in [2.45, 2.75) is 17.9 Å². The van der Waals surface area contributed by atoms with Gasteiger partial charge in [0.2, 0.25) is 0 Å². The van der Waals surface area contributed by atoms with Crippen LogP contribution in [0.15, 0.2) is 53.4 Å². The maximum atomic E-state index is 13.5. The van der Waals surface area contributed by atoms with Crippen LogP contribution in [0.3, 0.4) is 0 Å². The highest BCUT2D eigenvalue weighted by Crippen LogP contribution is 2.21. The molecule has 1 atom stereocenters. The lowest BCUT2D eigenvalue weighted by Crippen LogP contribution is -2.30. The largest absolute Gasteiger partial charge is 0.452 e. The van der Waals surface area contributed by atoms with Crippen LogP contribution in [0.2, 0.25) is 0 Å². The van der Waals surface area contributed by atoms with Gasteiger partial charge in [-0.25, -0.2) is 4.39 Å². The minimum atomic E-state index is -1.10. The number of nitrogens with zero attached hydrogens (tertiary/aromatic N) is 1. The summed E-state index contributed by atoms with van der Waals surface area (Å²) in [6.07, 6.45) is -1.10. The number of hydrogen-bond donors (Lipinski definition) is 1. The number of esters is 1. The zero-order chi connectivity index (χ0) is 19.1. The van der Waals surface area contributed by atoms with Crippen molar-refractivity contribution in [1.29, 1.82) is 0 Å². The summed E-state index contributed by atoms with van der Waals surface area (Å²) in [5.74, 6) is -1.95. The number of nitro benzene ring substituents is 1. The van der Waals surface area contributed by atoms with Crippen molar-refractivity contribution >= 4 is 35.0 Å². The molecule has 0 aliphatic heterocycles. The fourth-order valence-electron chi connectivity index (χ4n) is 1.89. The minimum absolute atomic E-state index is 0.000605. The van der Waals surface area contributed by atoms with Crippen LogP contribution in [0.5, 0.6) is 0 Å². The van der Waals surface area contributed by atoms with Gasteiger partial charge in [-0.1, -0.05) is 12.1 Å². The third-order valence-corrected chi connectivity index (χ3v) is 4.20. The standard InChI is InChI=1S/C17H15FN2O5S/c1-11(17(22)19-15-5-3-2-4-14(15)18)25-16(21)10-26-13-8-6-12(7-9-13)20(23)24/h2-9,11H,10H2,1H3,(H,19,22)/t11-/m0/s1. The van der Waals surface area contributed by atoms with Crippen molar-refractivity contribution in [1.82, 2.24) is 0 Å². The maximum absolute atomic E-state index is 13.5. The van der Waals surface area contributed by atoms with Crippen molar-refractivity contribution in [3.05, 3.63) is 64.5 Å². The summed E-state index contributed by atoms with van der Waals surface area (Å²) in [6, 6.07) is 11.4. The van der Waals surface area contributed by atoms with E-state index >= 15 is 0 Å². The van der Waals surface area contributed by atoms with Gasteiger partial charge in [0.25, 0.3) is 11.6 Å². The molecule has 0 aliphatic carbocycles. The van der Waals surface area contributed by atoms with Gasteiger partial charge in [-0.2, -0.15) is 0 Å². The van der Waals surface area contributed by atoms with Gasteiger partial charge < -0.3 is 10.1 Å². The first kappa shape index (κ1) is 19.4. The molecule has 0 aromatic heterocycles. The molecule has 9 heteroatoms. The van der Waals surface area contributed by atoms with Crippen molar-refractivity contribution in [3.63, 3.8) is 0 Å². The Morgan fingerprint density at radius 1 is 1.23 bits per heavy atom. The number of halogens is 1. The summed E-state index contributed by atoms with van der Waals surface area (Å²) in [6.45, 7) is 1.38. The molecule has 2 aromatic carbocycles. The number of nitro groups is 1. The zero-order valence-corrected chi connectivity index (χ0v) is 14.5. The first-order chi connectivity index (χ1) is 12.4. The molecule has 26 heavy (non-hydrogen) atoms. The normalized spacial score (nSPS) is 11.5. The van der Waals surface area contributed by atoms with E-state index in [1.165, 1.54) is 49.4 Å². The van der Waals surface area contributed by atoms with Gasteiger partial charge in [-0.3, -0.25) is 19.7 Å². The fourth-order valence-corrected chi connectivity index (χ4v) is 2.57. The van der Waals surface area contributed by atoms with Crippen LogP contribution < -0.4 is 5.32 Å². The third kappa shape index (κ3) is 5.55. The molecule has 0 aliphatic rings. The topological polar surface area (TPSA) is 98.5 Å². The van der Waals surface area contributed by atoms with E-state index in [4.69, 9.17) is 4.74 Å². The molecule has 0 heterocycles. The van der Waals surface area contributed by atoms with Gasteiger partial charge in [0.1, 0.15) is 5.82 Å². The Kier molecular flexibility index (Phi) is 6.67. The number of carbonyl (C=O) groups excluding carboxylic acids is 2. The summed E-state index contributed by atoms with van der Waals surface area (Å²) < 4.78 is 18.5. The number of non-ortho nitro benzene ring substituents is 1. The Balaban J connectivity index is 1.82. The average Bonchev–Trinajstić information content (AvgIpc) is 2.62. The number of para-hydroxylation sites is 1. The van der Waals surface area contributed by atoms with E-state index in [0.717, 1.165) is 11.8 Å². The molecule has 1 amide bonds. The SMILES string of the molecule is C[C@H](OC(=O)CSc1ccc([N+](=O)[O-])cc1)C(=O)Nc1ccccc1F. The molecule has 0 saturated carbocycles. The van der Waals surface area contributed by atoms with Crippen LogP contribution in [0.25, 0.3) is 0 Å². The molecule has 0 fully saturated rings. The van der Waals surface area contributed by atoms with Crippen molar-refractivity contribution in [3.8, 4) is 0 Å². The molecule has 1 N–H and O–H groups in total. The summed E-state index contributed by atoms with van der Waals surface area (Å²) in [5.41, 5.74) is -0.0454. The minimum Gasteiger partial charge on any atom is -0.452 e.